The molecule has 1 aliphatic heterocycles. The molecule has 2 rings (SSSR count). The highest BCUT2D eigenvalue weighted by Crippen LogP contribution is 2.19. The van der Waals surface area contributed by atoms with Gasteiger partial charge in [0.15, 0.2) is 0 Å². The van der Waals surface area contributed by atoms with Crippen molar-refractivity contribution in [2.75, 3.05) is 13.2 Å². The molecule has 18 heavy (non-hydrogen) atoms. The summed E-state index contributed by atoms with van der Waals surface area (Å²) in [6.45, 7) is 3.53. The van der Waals surface area contributed by atoms with Crippen LogP contribution in [0.4, 0.5) is 0 Å². The highest BCUT2D eigenvalue weighted by atomic mass is 79.9. The van der Waals surface area contributed by atoms with E-state index in [2.05, 4.69) is 28.2 Å². The van der Waals surface area contributed by atoms with E-state index in [1.165, 1.54) is 0 Å². The molecule has 1 aromatic carbocycles. The van der Waals surface area contributed by atoms with E-state index in [0.717, 1.165) is 29.5 Å². The number of aliphatic hydroxyl groups excluding tert-OH is 1. The summed E-state index contributed by atoms with van der Waals surface area (Å²) in [7, 11) is 0. The van der Waals surface area contributed by atoms with E-state index in [1.54, 1.807) is 0 Å². The van der Waals surface area contributed by atoms with Crippen molar-refractivity contribution in [1.29, 1.82) is 0 Å². The second kappa shape index (κ2) is 6.66. The Bertz CT molecular complexity index is 380. The second-order valence-electron chi connectivity index (χ2n) is 4.82. The van der Waals surface area contributed by atoms with E-state index in [0.29, 0.717) is 12.6 Å². The van der Waals surface area contributed by atoms with Gasteiger partial charge in [0.05, 0.1) is 12.2 Å². The molecule has 0 amide bonds. The molecule has 0 spiro atoms. The molecule has 0 saturated carbocycles. The van der Waals surface area contributed by atoms with E-state index in [9.17, 15) is 5.11 Å². The minimum Gasteiger partial charge on any atom is -0.387 e. The second-order valence-corrected chi connectivity index (χ2v) is 5.73. The van der Waals surface area contributed by atoms with Gasteiger partial charge in [0, 0.05) is 23.7 Å². The van der Waals surface area contributed by atoms with Crippen LogP contribution in [0.2, 0.25) is 0 Å². The molecule has 100 valence electrons. The normalized spacial score (nSPS) is 22.9. The number of benzene rings is 1. The number of halogens is 1. The van der Waals surface area contributed by atoms with Crippen molar-refractivity contribution in [3.05, 3.63) is 34.3 Å². The summed E-state index contributed by atoms with van der Waals surface area (Å²) in [5.41, 5.74) is 0.927. The van der Waals surface area contributed by atoms with Crippen LogP contribution in [0, 0.1) is 0 Å². The van der Waals surface area contributed by atoms with Crippen LogP contribution in [0.3, 0.4) is 0 Å². The maximum absolute atomic E-state index is 10.1. The van der Waals surface area contributed by atoms with Crippen molar-refractivity contribution in [3.63, 3.8) is 0 Å². The molecule has 2 N–H and O–H groups in total. The maximum atomic E-state index is 10.1. The average Bonchev–Trinajstić information content (AvgIpc) is 2.89. The van der Waals surface area contributed by atoms with Gasteiger partial charge in [0.2, 0.25) is 0 Å². The predicted octanol–water partition coefficient (Wildman–Crippen LogP) is 2.64. The fraction of sp³-hybridized carbons (Fsp3) is 0.571. The first kappa shape index (κ1) is 14.0. The zero-order valence-electron chi connectivity index (χ0n) is 10.6. The van der Waals surface area contributed by atoms with Gasteiger partial charge >= 0.3 is 0 Å². The van der Waals surface area contributed by atoms with Crippen LogP contribution in [0.15, 0.2) is 28.7 Å². The van der Waals surface area contributed by atoms with Crippen LogP contribution in [0.25, 0.3) is 0 Å². The van der Waals surface area contributed by atoms with Gasteiger partial charge in [-0.3, -0.25) is 0 Å². The summed E-state index contributed by atoms with van der Waals surface area (Å²) >= 11 is 3.41. The monoisotopic (exact) mass is 313 g/mol. The van der Waals surface area contributed by atoms with Crippen molar-refractivity contribution in [2.45, 2.75) is 38.0 Å². The highest BCUT2D eigenvalue weighted by Gasteiger charge is 2.22. The molecule has 1 heterocycles. The first-order valence-corrected chi connectivity index (χ1v) is 7.24. The molecule has 0 aromatic heterocycles. The Morgan fingerprint density at radius 3 is 3.06 bits per heavy atom. The quantitative estimate of drug-likeness (QED) is 0.878. The lowest BCUT2D eigenvalue weighted by Crippen LogP contribution is -2.39. The number of aliphatic hydroxyl groups is 1. The Morgan fingerprint density at radius 2 is 2.39 bits per heavy atom. The zero-order chi connectivity index (χ0) is 13.0. The smallest absolute Gasteiger partial charge is 0.0914 e. The van der Waals surface area contributed by atoms with Gasteiger partial charge in [-0.05, 0) is 37.5 Å². The Morgan fingerprint density at radius 1 is 1.56 bits per heavy atom. The summed E-state index contributed by atoms with van der Waals surface area (Å²) in [4.78, 5) is 0. The van der Waals surface area contributed by atoms with Gasteiger partial charge in [-0.15, -0.1) is 0 Å². The molecule has 1 aliphatic rings. The Hall–Kier alpha value is -0.420. The van der Waals surface area contributed by atoms with E-state index < -0.39 is 6.10 Å². The van der Waals surface area contributed by atoms with E-state index in [-0.39, 0.29) is 6.04 Å². The minimum absolute atomic E-state index is 0.286. The van der Waals surface area contributed by atoms with Crippen LogP contribution < -0.4 is 5.32 Å². The molecule has 0 radical (unpaired) electrons. The molecule has 0 bridgehead atoms. The van der Waals surface area contributed by atoms with E-state index in [4.69, 9.17) is 4.74 Å². The molecule has 4 heteroatoms. The Kier molecular flexibility index (Phi) is 5.18. The van der Waals surface area contributed by atoms with Gasteiger partial charge in [-0.1, -0.05) is 28.1 Å². The van der Waals surface area contributed by atoms with Gasteiger partial charge in [0.1, 0.15) is 0 Å². The third kappa shape index (κ3) is 3.79. The van der Waals surface area contributed by atoms with Crippen molar-refractivity contribution in [2.24, 2.45) is 0 Å². The molecule has 3 nitrogen and oxygen atoms in total. The summed E-state index contributed by atoms with van der Waals surface area (Å²) in [5, 5.41) is 13.5. The topological polar surface area (TPSA) is 41.5 Å². The van der Waals surface area contributed by atoms with Crippen molar-refractivity contribution >= 4 is 15.9 Å². The van der Waals surface area contributed by atoms with Crippen LogP contribution in [-0.4, -0.2) is 30.4 Å². The molecule has 1 aromatic rings. The number of hydrogen-bond acceptors (Lipinski definition) is 3. The molecular weight excluding hydrogens is 294 g/mol. The summed E-state index contributed by atoms with van der Waals surface area (Å²) in [6, 6.07) is 8.07. The molecule has 0 aliphatic carbocycles. The van der Waals surface area contributed by atoms with Crippen LogP contribution >= 0.6 is 15.9 Å². The van der Waals surface area contributed by atoms with Crippen molar-refractivity contribution in [1.82, 2.24) is 5.32 Å². The van der Waals surface area contributed by atoms with Crippen LogP contribution in [0.1, 0.15) is 31.4 Å². The lowest BCUT2D eigenvalue weighted by molar-refractivity contribution is 0.0765. The Labute approximate surface area is 117 Å². The predicted molar refractivity (Wildman–Crippen MR) is 75.5 cm³/mol. The van der Waals surface area contributed by atoms with E-state index >= 15 is 0 Å². The minimum atomic E-state index is -0.480. The standard InChI is InChI=1S/C14H20BrNO2/c1-10(14-6-3-7-18-14)16-9-13(17)11-4-2-5-12(15)8-11/h2,4-5,8,10,13-14,16-17H,3,6-7,9H2,1H3. The average molecular weight is 314 g/mol. The van der Waals surface area contributed by atoms with Gasteiger partial charge in [0.25, 0.3) is 0 Å². The number of nitrogens with one attached hydrogen (secondary N) is 1. The molecule has 1 fully saturated rings. The van der Waals surface area contributed by atoms with Crippen LogP contribution in [-0.2, 0) is 4.74 Å². The third-order valence-electron chi connectivity index (χ3n) is 3.39. The lowest BCUT2D eigenvalue weighted by atomic mass is 10.1. The highest BCUT2D eigenvalue weighted by molar-refractivity contribution is 9.10. The van der Waals surface area contributed by atoms with Crippen LogP contribution in [0.5, 0.6) is 0 Å². The Balaban J connectivity index is 1.82. The maximum Gasteiger partial charge on any atom is 0.0914 e. The first-order chi connectivity index (χ1) is 8.66. The summed E-state index contributed by atoms with van der Waals surface area (Å²) < 4.78 is 6.61. The SMILES string of the molecule is CC(NCC(O)c1cccc(Br)c1)C1CCCO1. The fourth-order valence-corrected chi connectivity index (χ4v) is 2.67. The van der Waals surface area contributed by atoms with Gasteiger partial charge in [-0.2, -0.15) is 0 Å². The fourth-order valence-electron chi connectivity index (χ4n) is 2.26. The molecular formula is C14H20BrNO2. The third-order valence-corrected chi connectivity index (χ3v) is 3.88. The summed E-state index contributed by atoms with van der Waals surface area (Å²) in [5.74, 6) is 0. The molecule has 3 unspecified atom stereocenters. The summed E-state index contributed by atoms with van der Waals surface area (Å²) in [6.07, 6.45) is 2.07. The largest absolute Gasteiger partial charge is 0.387 e. The first-order valence-electron chi connectivity index (χ1n) is 6.45. The number of rotatable bonds is 5. The van der Waals surface area contributed by atoms with Crippen molar-refractivity contribution < 1.29 is 9.84 Å². The van der Waals surface area contributed by atoms with Gasteiger partial charge < -0.3 is 15.2 Å². The number of ether oxygens (including phenoxy) is 1. The van der Waals surface area contributed by atoms with Gasteiger partial charge in [-0.25, -0.2) is 0 Å². The molecule has 3 atom stereocenters. The molecule has 1 saturated heterocycles. The number of hydrogen-bond donors (Lipinski definition) is 2. The van der Waals surface area contributed by atoms with E-state index in [1.807, 2.05) is 24.3 Å². The van der Waals surface area contributed by atoms with Crippen molar-refractivity contribution in [3.8, 4) is 0 Å². The zero-order valence-corrected chi connectivity index (χ0v) is 12.2. The lowest BCUT2D eigenvalue weighted by Gasteiger charge is -2.22.